The minimum absolute atomic E-state index is 0.00840. The van der Waals surface area contributed by atoms with E-state index in [9.17, 15) is 4.79 Å². The van der Waals surface area contributed by atoms with Crippen molar-refractivity contribution >= 4 is 5.91 Å². The molecule has 2 N–H and O–H groups in total. The molecule has 0 aliphatic carbocycles. The van der Waals surface area contributed by atoms with E-state index < -0.39 is 0 Å². The summed E-state index contributed by atoms with van der Waals surface area (Å²) < 4.78 is 5.56. The van der Waals surface area contributed by atoms with E-state index in [2.05, 4.69) is 10.6 Å². The van der Waals surface area contributed by atoms with Crippen molar-refractivity contribution in [1.29, 1.82) is 0 Å². The Morgan fingerprint density at radius 3 is 2.75 bits per heavy atom. The first-order valence-electron chi connectivity index (χ1n) is 7.43. The molecule has 4 nitrogen and oxygen atoms in total. The van der Waals surface area contributed by atoms with Crippen LogP contribution in [0.3, 0.4) is 0 Å². The van der Waals surface area contributed by atoms with Crippen LogP contribution in [0.2, 0.25) is 0 Å². The van der Waals surface area contributed by atoms with Crippen molar-refractivity contribution in [3.05, 3.63) is 35.4 Å². The fourth-order valence-electron chi connectivity index (χ4n) is 2.33. The van der Waals surface area contributed by atoms with Gasteiger partial charge in [-0.2, -0.15) is 0 Å². The lowest BCUT2D eigenvalue weighted by molar-refractivity contribution is 0.0951. The van der Waals surface area contributed by atoms with Crippen molar-refractivity contribution < 1.29 is 9.53 Å². The van der Waals surface area contributed by atoms with E-state index in [-0.39, 0.29) is 5.91 Å². The first-order chi connectivity index (χ1) is 9.75. The Hall–Kier alpha value is -1.39. The smallest absolute Gasteiger partial charge is 0.251 e. The van der Waals surface area contributed by atoms with Gasteiger partial charge in [-0.05, 0) is 44.9 Å². The zero-order valence-corrected chi connectivity index (χ0v) is 12.2. The zero-order chi connectivity index (χ0) is 14.2. The molecule has 0 aromatic heterocycles. The topological polar surface area (TPSA) is 50.4 Å². The van der Waals surface area contributed by atoms with E-state index in [0.29, 0.717) is 12.6 Å². The first-order valence-corrected chi connectivity index (χ1v) is 7.43. The van der Waals surface area contributed by atoms with Gasteiger partial charge in [0.25, 0.3) is 5.91 Å². The van der Waals surface area contributed by atoms with Crippen LogP contribution in [0.1, 0.15) is 35.2 Å². The lowest BCUT2D eigenvalue weighted by Gasteiger charge is -2.10. The highest BCUT2D eigenvalue weighted by Gasteiger charge is 2.14. The highest BCUT2D eigenvalue weighted by Crippen LogP contribution is 2.14. The molecule has 1 fully saturated rings. The molecular weight excluding hydrogens is 252 g/mol. The molecule has 0 saturated carbocycles. The summed E-state index contributed by atoms with van der Waals surface area (Å²) in [6.45, 7) is 5.32. The molecule has 1 heterocycles. The van der Waals surface area contributed by atoms with Crippen LogP contribution in [0, 0.1) is 6.92 Å². The van der Waals surface area contributed by atoms with Crippen LogP contribution in [-0.2, 0) is 4.74 Å². The molecule has 110 valence electrons. The highest BCUT2D eigenvalue weighted by molar-refractivity contribution is 5.94. The van der Waals surface area contributed by atoms with E-state index in [1.807, 2.05) is 31.2 Å². The monoisotopic (exact) mass is 276 g/mol. The van der Waals surface area contributed by atoms with E-state index in [0.717, 1.165) is 37.2 Å². The Morgan fingerprint density at radius 1 is 1.25 bits per heavy atom. The quantitative estimate of drug-likeness (QED) is 0.748. The average molecular weight is 276 g/mol. The van der Waals surface area contributed by atoms with E-state index in [4.69, 9.17) is 4.74 Å². The summed E-state index contributed by atoms with van der Waals surface area (Å²) in [7, 11) is 0. The molecular formula is C16H24N2O2. The summed E-state index contributed by atoms with van der Waals surface area (Å²) in [5.74, 6) is -0.00840. The molecule has 1 saturated heterocycles. The minimum atomic E-state index is -0.00840. The Morgan fingerprint density at radius 2 is 2.05 bits per heavy atom. The third kappa shape index (κ3) is 4.94. The number of hydrogen-bond acceptors (Lipinski definition) is 3. The summed E-state index contributed by atoms with van der Waals surface area (Å²) in [6, 6.07) is 7.62. The van der Waals surface area contributed by atoms with Crippen molar-refractivity contribution in [2.75, 3.05) is 26.2 Å². The summed E-state index contributed by atoms with van der Waals surface area (Å²) in [6.07, 6.45) is 3.87. The van der Waals surface area contributed by atoms with E-state index >= 15 is 0 Å². The van der Waals surface area contributed by atoms with Gasteiger partial charge in [-0.15, -0.1) is 0 Å². The standard InChI is InChI=1S/C16H24N2O2/c1-13-4-6-14(7-5-13)16(19)18-11-10-17-9-8-15-3-2-12-20-15/h4-7,15,17H,2-3,8-12H2,1H3,(H,18,19). The van der Waals surface area contributed by atoms with Crippen molar-refractivity contribution in [2.45, 2.75) is 32.3 Å². The largest absolute Gasteiger partial charge is 0.378 e. The maximum atomic E-state index is 11.8. The number of carbonyl (C=O) groups excluding carboxylic acids is 1. The third-order valence-electron chi connectivity index (χ3n) is 3.57. The molecule has 0 spiro atoms. The molecule has 1 aromatic carbocycles. The second-order valence-electron chi connectivity index (χ2n) is 5.30. The molecule has 2 rings (SSSR count). The van der Waals surface area contributed by atoms with Crippen molar-refractivity contribution in [3.8, 4) is 0 Å². The average Bonchev–Trinajstić information content (AvgIpc) is 2.96. The van der Waals surface area contributed by atoms with Crippen LogP contribution in [0.25, 0.3) is 0 Å². The fraction of sp³-hybridized carbons (Fsp3) is 0.562. The Kier molecular flexibility index (Phi) is 6.02. The van der Waals surface area contributed by atoms with Crippen molar-refractivity contribution in [2.24, 2.45) is 0 Å². The summed E-state index contributed by atoms with van der Waals surface area (Å²) >= 11 is 0. The lowest BCUT2D eigenvalue weighted by atomic mass is 10.1. The van der Waals surface area contributed by atoms with Crippen LogP contribution >= 0.6 is 0 Å². The van der Waals surface area contributed by atoms with Gasteiger partial charge in [0.05, 0.1) is 6.10 Å². The molecule has 1 aliphatic heterocycles. The van der Waals surface area contributed by atoms with Crippen LogP contribution in [-0.4, -0.2) is 38.3 Å². The summed E-state index contributed by atoms with van der Waals surface area (Å²) in [5.41, 5.74) is 1.88. The van der Waals surface area contributed by atoms with Crippen LogP contribution in [0.4, 0.5) is 0 Å². The lowest BCUT2D eigenvalue weighted by Crippen LogP contribution is -2.32. The number of rotatable bonds is 7. The number of carbonyl (C=O) groups is 1. The molecule has 1 atom stereocenters. The van der Waals surface area contributed by atoms with Crippen LogP contribution in [0.5, 0.6) is 0 Å². The Bertz CT molecular complexity index is 411. The van der Waals surface area contributed by atoms with Gasteiger partial charge in [0.15, 0.2) is 0 Å². The normalized spacial score (nSPS) is 18.1. The van der Waals surface area contributed by atoms with Crippen LogP contribution in [0.15, 0.2) is 24.3 Å². The Balaban J connectivity index is 1.54. The highest BCUT2D eigenvalue weighted by atomic mass is 16.5. The maximum absolute atomic E-state index is 11.8. The number of nitrogens with one attached hydrogen (secondary N) is 2. The SMILES string of the molecule is Cc1ccc(C(=O)NCCNCCC2CCCO2)cc1. The second-order valence-corrected chi connectivity index (χ2v) is 5.30. The molecule has 1 aliphatic rings. The zero-order valence-electron chi connectivity index (χ0n) is 12.2. The van der Waals surface area contributed by atoms with Crippen molar-refractivity contribution in [3.63, 3.8) is 0 Å². The van der Waals surface area contributed by atoms with Gasteiger partial charge in [-0.3, -0.25) is 4.79 Å². The minimum Gasteiger partial charge on any atom is -0.378 e. The van der Waals surface area contributed by atoms with Gasteiger partial charge < -0.3 is 15.4 Å². The predicted molar refractivity (Wildman–Crippen MR) is 80.0 cm³/mol. The summed E-state index contributed by atoms with van der Waals surface area (Å²) in [5, 5.41) is 6.25. The predicted octanol–water partition coefficient (Wildman–Crippen LogP) is 1.88. The molecule has 1 amide bonds. The molecule has 0 bridgehead atoms. The molecule has 0 radical (unpaired) electrons. The number of amides is 1. The van der Waals surface area contributed by atoms with Gasteiger partial charge >= 0.3 is 0 Å². The maximum Gasteiger partial charge on any atom is 0.251 e. The molecule has 4 heteroatoms. The van der Waals surface area contributed by atoms with Gasteiger partial charge in [0.2, 0.25) is 0 Å². The molecule has 1 unspecified atom stereocenters. The number of hydrogen-bond donors (Lipinski definition) is 2. The molecule has 20 heavy (non-hydrogen) atoms. The number of aryl methyl sites for hydroxylation is 1. The molecule has 1 aromatic rings. The van der Waals surface area contributed by atoms with E-state index in [1.54, 1.807) is 0 Å². The summed E-state index contributed by atoms with van der Waals surface area (Å²) in [4.78, 5) is 11.8. The van der Waals surface area contributed by atoms with E-state index in [1.165, 1.54) is 12.8 Å². The fourth-order valence-corrected chi connectivity index (χ4v) is 2.33. The Labute approximate surface area is 120 Å². The second kappa shape index (κ2) is 8.02. The number of benzene rings is 1. The van der Waals surface area contributed by atoms with Crippen LogP contribution < -0.4 is 10.6 Å². The first kappa shape index (κ1) is 15.0. The third-order valence-corrected chi connectivity index (χ3v) is 3.57. The van der Waals surface area contributed by atoms with Gasteiger partial charge in [0.1, 0.15) is 0 Å². The van der Waals surface area contributed by atoms with Crippen molar-refractivity contribution in [1.82, 2.24) is 10.6 Å². The van der Waals surface area contributed by atoms with Gasteiger partial charge in [-0.1, -0.05) is 17.7 Å². The van der Waals surface area contributed by atoms with Gasteiger partial charge in [-0.25, -0.2) is 0 Å². The number of ether oxygens (including phenoxy) is 1. The van der Waals surface area contributed by atoms with Gasteiger partial charge in [0, 0.05) is 25.3 Å².